The van der Waals surface area contributed by atoms with Crippen LogP contribution < -0.4 is 0 Å². The normalized spacial score (nSPS) is 26.2. The predicted octanol–water partition coefficient (Wildman–Crippen LogP) is 8.64. The third kappa shape index (κ3) is 4.74. The molecule has 3 aliphatic rings. The summed E-state index contributed by atoms with van der Waals surface area (Å²) < 4.78 is 0. The standard InChI is InChI=1S/C28H42/c1-20-17-24(18-20)19-28(22(3)26-9-6-10-26)27-15-13-25(14-16-27)21(2)11-12-23-7-4-5-8-23/h13-17,21-24,26,28H,4-12,18-19H2,1-3H3. The molecule has 0 radical (unpaired) electrons. The molecule has 0 bridgehead atoms. The van der Waals surface area contributed by atoms with E-state index in [2.05, 4.69) is 51.1 Å². The van der Waals surface area contributed by atoms with Crippen LogP contribution in [0.1, 0.15) is 114 Å². The van der Waals surface area contributed by atoms with E-state index in [4.69, 9.17) is 0 Å². The summed E-state index contributed by atoms with van der Waals surface area (Å²) in [5, 5.41) is 0. The second-order valence-corrected chi connectivity index (χ2v) is 10.7. The van der Waals surface area contributed by atoms with Crippen molar-refractivity contribution < 1.29 is 0 Å². The SMILES string of the molecule is CC1=CC(CC(c2ccc(C(C)CCC3CCCC3)cc2)C(C)C2CCC2)C1. The van der Waals surface area contributed by atoms with Crippen molar-refractivity contribution in [3.8, 4) is 0 Å². The molecule has 0 saturated heterocycles. The first-order valence-corrected chi connectivity index (χ1v) is 12.4. The molecule has 0 amide bonds. The predicted molar refractivity (Wildman–Crippen MR) is 122 cm³/mol. The van der Waals surface area contributed by atoms with Crippen LogP contribution >= 0.6 is 0 Å². The molecular formula is C28H42. The summed E-state index contributed by atoms with van der Waals surface area (Å²) in [4.78, 5) is 0. The Kier molecular flexibility index (Phi) is 6.64. The van der Waals surface area contributed by atoms with Crippen LogP contribution in [0.3, 0.4) is 0 Å². The van der Waals surface area contributed by atoms with E-state index < -0.39 is 0 Å². The van der Waals surface area contributed by atoms with Gasteiger partial charge >= 0.3 is 0 Å². The third-order valence-electron chi connectivity index (χ3n) is 8.61. The van der Waals surface area contributed by atoms with E-state index >= 15 is 0 Å². The van der Waals surface area contributed by atoms with Crippen LogP contribution in [0.2, 0.25) is 0 Å². The Bertz CT molecular complexity index is 641. The number of hydrogen-bond donors (Lipinski definition) is 0. The summed E-state index contributed by atoms with van der Waals surface area (Å²) in [6.45, 7) is 7.28. The van der Waals surface area contributed by atoms with E-state index in [1.165, 1.54) is 70.6 Å². The zero-order chi connectivity index (χ0) is 19.5. The van der Waals surface area contributed by atoms with E-state index in [1.54, 1.807) is 16.7 Å². The monoisotopic (exact) mass is 378 g/mol. The molecule has 0 nitrogen and oxygen atoms in total. The van der Waals surface area contributed by atoms with Crippen LogP contribution in [0.5, 0.6) is 0 Å². The summed E-state index contributed by atoms with van der Waals surface area (Å²) >= 11 is 0. The smallest absolute Gasteiger partial charge is 0.0128 e. The fourth-order valence-electron chi connectivity index (χ4n) is 6.23. The maximum atomic E-state index is 2.54. The van der Waals surface area contributed by atoms with Crippen molar-refractivity contribution in [1.29, 1.82) is 0 Å². The zero-order valence-corrected chi connectivity index (χ0v) is 18.6. The van der Waals surface area contributed by atoms with Crippen molar-refractivity contribution in [3.63, 3.8) is 0 Å². The number of allylic oxidation sites excluding steroid dienone is 2. The summed E-state index contributed by atoms with van der Waals surface area (Å²) in [5.74, 6) is 5.14. The topological polar surface area (TPSA) is 0 Å². The molecule has 0 heterocycles. The van der Waals surface area contributed by atoms with Gasteiger partial charge in [-0.15, -0.1) is 0 Å². The second kappa shape index (κ2) is 9.19. The highest BCUT2D eigenvalue weighted by Crippen LogP contribution is 2.45. The van der Waals surface area contributed by atoms with Gasteiger partial charge in [-0.25, -0.2) is 0 Å². The highest BCUT2D eigenvalue weighted by atomic mass is 14.4. The van der Waals surface area contributed by atoms with Gasteiger partial charge in [-0.05, 0) is 79.2 Å². The molecule has 2 saturated carbocycles. The van der Waals surface area contributed by atoms with E-state index in [1.807, 2.05) is 0 Å². The lowest BCUT2D eigenvalue weighted by Gasteiger charge is -2.39. The summed E-state index contributed by atoms with van der Waals surface area (Å²) in [6, 6.07) is 9.93. The van der Waals surface area contributed by atoms with Crippen molar-refractivity contribution in [2.45, 2.75) is 103 Å². The zero-order valence-electron chi connectivity index (χ0n) is 18.6. The fourth-order valence-corrected chi connectivity index (χ4v) is 6.23. The van der Waals surface area contributed by atoms with Crippen LogP contribution in [0, 0.1) is 23.7 Å². The maximum Gasteiger partial charge on any atom is -0.0128 e. The first kappa shape index (κ1) is 20.2. The summed E-state index contributed by atoms with van der Waals surface area (Å²) in [6.07, 6.45) is 18.4. The Labute approximate surface area is 174 Å². The van der Waals surface area contributed by atoms with Crippen LogP contribution in [-0.4, -0.2) is 0 Å². The fraction of sp³-hybridized carbons (Fsp3) is 0.714. The Morgan fingerprint density at radius 3 is 2.11 bits per heavy atom. The average molecular weight is 379 g/mol. The molecule has 0 N–H and O–H groups in total. The number of rotatable bonds is 9. The van der Waals surface area contributed by atoms with Gasteiger partial charge in [-0.2, -0.15) is 0 Å². The first-order valence-electron chi connectivity index (χ1n) is 12.4. The van der Waals surface area contributed by atoms with Crippen LogP contribution in [-0.2, 0) is 0 Å². The van der Waals surface area contributed by atoms with E-state index in [-0.39, 0.29) is 0 Å². The Hall–Kier alpha value is -1.04. The molecule has 154 valence electrons. The highest BCUT2D eigenvalue weighted by molar-refractivity contribution is 5.29. The van der Waals surface area contributed by atoms with Crippen LogP contribution in [0.15, 0.2) is 35.9 Å². The molecule has 2 fully saturated rings. The molecule has 0 aromatic heterocycles. The van der Waals surface area contributed by atoms with Gasteiger partial charge < -0.3 is 0 Å². The van der Waals surface area contributed by atoms with Crippen molar-refractivity contribution in [1.82, 2.24) is 0 Å². The van der Waals surface area contributed by atoms with E-state index in [0.717, 1.165) is 35.5 Å². The molecule has 3 aliphatic carbocycles. The maximum absolute atomic E-state index is 2.54. The van der Waals surface area contributed by atoms with Crippen LogP contribution in [0.4, 0.5) is 0 Å². The lowest BCUT2D eigenvalue weighted by molar-refractivity contribution is 0.179. The van der Waals surface area contributed by atoms with E-state index in [9.17, 15) is 0 Å². The molecule has 1 aromatic carbocycles. The minimum absolute atomic E-state index is 0.717. The third-order valence-corrected chi connectivity index (χ3v) is 8.61. The van der Waals surface area contributed by atoms with Crippen molar-refractivity contribution in [2.24, 2.45) is 23.7 Å². The lowest BCUT2D eigenvalue weighted by atomic mass is 9.66. The Morgan fingerprint density at radius 1 is 0.893 bits per heavy atom. The first-order chi connectivity index (χ1) is 13.6. The minimum atomic E-state index is 0.717. The van der Waals surface area contributed by atoms with Gasteiger partial charge in [0.2, 0.25) is 0 Å². The molecule has 1 aromatic rings. The molecule has 0 spiro atoms. The van der Waals surface area contributed by atoms with Crippen molar-refractivity contribution in [3.05, 3.63) is 47.0 Å². The number of hydrogen-bond acceptors (Lipinski definition) is 0. The lowest BCUT2D eigenvalue weighted by Crippen LogP contribution is -2.27. The van der Waals surface area contributed by atoms with Gasteiger partial charge in [-0.1, -0.05) is 94.7 Å². The highest BCUT2D eigenvalue weighted by Gasteiger charge is 2.33. The molecule has 4 unspecified atom stereocenters. The van der Waals surface area contributed by atoms with Crippen LogP contribution in [0.25, 0.3) is 0 Å². The Morgan fingerprint density at radius 2 is 1.54 bits per heavy atom. The molecule has 0 heteroatoms. The Balaban J connectivity index is 1.39. The van der Waals surface area contributed by atoms with Gasteiger partial charge in [0.1, 0.15) is 0 Å². The van der Waals surface area contributed by atoms with Gasteiger partial charge in [-0.3, -0.25) is 0 Å². The quantitative estimate of drug-likeness (QED) is 0.377. The van der Waals surface area contributed by atoms with Crippen molar-refractivity contribution >= 4 is 0 Å². The molecule has 4 rings (SSSR count). The molecule has 28 heavy (non-hydrogen) atoms. The number of benzene rings is 1. The minimum Gasteiger partial charge on any atom is -0.0821 e. The summed E-state index contributed by atoms with van der Waals surface area (Å²) in [7, 11) is 0. The van der Waals surface area contributed by atoms with Gasteiger partial charge in [0.25, 0.3) is 0 Å². The largest absolute Gasteiger partial charge is 0.0821 e. The van der Waals surface area contributed by atoms with Crippen molar-refractivity contribution in [2.75, 3.05) is 0 Å². The molecule has 4 atom stereocenters. The summed E-state index contributed by atoms with van der Waals surface area (Å²) in [5.41, 5.74) is 4.78. The van der Waals surface area contributed by atoms with Gasteiger partial charge in [0.05, 0.1) is 0 Å². The average Bonchev–Trinajstić information content (AvgIpc) is 3.14. The second-order valence-electron chi connectivity index (χ2n) is 10.7. The molecular weight excluding hydrogens is 336 g/mol. The van der Waals surface area contributed by atoms with Gasteiger partial charge in [0, 0.05) is 0 Å². The van der Waals surface area contributed by atoms with Gasteiger partial charge in [0.15, 0.2) is 0 Å². The molecule has 0 aliphatic heterocycles. The van der Waals surface area contributed by atoms with E-state index in [0.29, 0.717) is 0 Å².